The summed E-state index contributed by atoms with van der Waals surface area (Å²) in [6, 6.07) is 0.472. The molecule has 0 atom stereocenters. The van der Waals surface area contributed by atoms with Crippen molar-refractivity contribution in [3.63, 3.8) is 0 Å². The maximum absolute atomic E-state index is 5.93. The normalized spacial score (nSPS) is 18.3. The first kappa shape index (κ1) is 13.1. The van der Waals surface area contributed by atoms with Gasteiger partial charge in [0.2, 0.25) is 0 Å². The molecular weight excluding hydrogens is 304 g/mol. The molecule has 1 aromatic rings. The van der Waals surface area contributed by atoms with E-state index in [2.05, 4.69) is 43.0 Å². The fourth-order valence-corrected chi connectivity index (χ4v) is 2.49. The van der Waals surface area contributed by atoms with Crippen molar-refractivity contribution in [2.45, 2.75) is 25.8 Å². The summed E-state index contributed by atoms with van der Waals surface area (Å²) >= 11 is 9.33. The van der Waals surface area contributed by atoms with E-state index in [1.54, 1.807) is 0 Å². The smallest absolute Gasteiger partial charge is 0.148 e. The minimum atomic E-state index is 0.452. The summed E-state index contributed by atoms with van der Waals surface area (Å²) in [7, 11) is 0. The van der Waals surface area contributed by atoms with Gasteiger partial charge in [-0.2, -0.15) is 0 Å². The maximum atomic E-state index is 5.93. The van der Waals surface area contributed by atoms with Gasteiger partial charge in [-0.15, -0.1) is 0 Å². The van der Waals surface area contributed by atoms with Gasteiger partial charge in [0, 0.05) is 19.1 Å². The third-order valence-electron chi connectivity index (χ3n) is 3.12. The lowest BCUT2D eigenvalue weighted by Gasteiger charge is -2.31. The summed E-state index contributed by atoms with van der Waals surface area (Å²) in [5.74, 6) is 0.792. The Morgan fingerprint density at radius 1 is 1.47 bits per heavy atom. The van der Waals surface area contributed by atoms with Crippen LogP contribution in [0.5, 0.6) is 0 Å². The molecule has 4 nitrogen and oxygen atoms in total. The van der Waals surface area contributed by atoms with Crippen LogP contribution in [0.2, 0.25) is 5.15 Å². The molecular formula is C11H16BrClN4. The number of likely N-dealkylation sites (tertiary alicyclic amines) is 1. The Morgan fingerprint density at radius 2 is 2.18 bits per heavy atom. The Morgan fingerprint density at radius 3 is 2.82 bits per heavy atom. The van der Waals surface area contributed by atoms with Crippen LogP contribution in [0.15, 0.2) is 10.8 Å². The zero-order chi connectivity index (χ0) is 12.3. The van der Waals surface area contributed by atoms with Gasteiger partial charge in [-0.25, -0.2) is 9.97 Å². The van der Waals surface area contributed by atoms with Gasteiger partial charge in [-0.3, -0.25) is 0 Å². The summed E-state index contributed by atoms with van der Waals surface area (Å²) in [6.45, 7) is 5.62. The van der Waals surface area contributed by atoms with E-state index >= 15 is 0 Å². The Bertz CT molecular complexity index is 380. The highest BCUT2D eigenvalue weighted by molar-refractivity contribution is 9.10. The van der Waals surface area contributed by atoms with Crippen molar-refractivity contribution in [2.75, 3.05) is 25.0 Å². The van der Waals surface area contributed by atoms with Crippen molar-refractivity contribution in [1.29, 1.82) is 0 Å². The highest BCUT2D eigenvalue weighted by atomic mass is 79.9. The van der Waals surface area contributed by atoms with Crippen LogP contribution in [-0.2, 0) is 0 Å². The first-order valence-corrected chi connectivity index (χ1v) is 7.02. The van der Waals surface area contributed by atoms with Crippen LogP contribution in [-0.4, -0.2) is 40.5 Å². The minimum absolute atomic E-state index is 0.452. The van der Waals surface area contributed by atoms with E-state index in [0.717, 1.165) is 42.8 Å². The average molecular weight is 320 g/mol. The molecule has 2 rings (SSSR count). The third kappa shape index (κ3) is 3.30. The maximum Gasteiger partial charge on any atom is 0.148 e. The molecule has 0 unspecified atom stereocenters. The van der Waals surface area contributed by atoms with E-state index in [1.807, 2.05) is 0 Å². The van der Waals surface area contributed by atoms with Gasteiger partial charge in [-0.05, 0) is 35.3 Å². The molecule has 6 heteroatoms. The predicted molar refractivity (Wildman–Crippen MR) is 73.5 cm³/mol. The van der Waals surface area contributed by atoms with E-state index in [0.29, 0.717) is 11.2 Å². The molecule has 1 saturated heterocycles. The molecule has 0 bridgehead atoms. The highest BCUT2D eigenvalue weighted by Crippen LogP contribution is 2.27. The second kappa shape index (κ2) is 5.98. The largest absolute Gasteiger partial charge is 0.366 e. The van der Waals surface area contributed by atoms with Crippen molar-refractivity contribution in [3.05, 3.63) is 16.0 Å². The van der Waals surface area contributed by atoms with E-state index in [9.17, 15) is 0 Å². The lowest BCUT2D eigenvalue weighted by Crippen LogP contribution is -2.39. The molecule has 0 aliphatic carbocycles. The topological polar surface area (TPSA) is 41.0 Å². The van der Waals surface area contributed by atoms with Gasteiger partial charge in [0.05, 0.1) is 4.47 Å². The summed E-state index contributed by atoms with van der Waals surface area (Å²) in [6.07, 6.45) is 3.76. The van der Waals surface area contributed by atoms with E-state index < -0.39 is 0 Å². The molecule has 94 valence electrons. The molecule has 0 radical (unpaired) electrons. The molecule has 1 aliphatic heterocycles. The van der Waals surface area contributed by atoms with Gasteiger partial charge in [0.15, 0.2) is 0 Å². The van der Waals surface area contributed by atoms with E-state index in [4.69, 9.17) is 11.6 Å². The van der Waals surface area contributed by atoms with Crippen molar-refractivity contribution < 1.29 is 0 Å². The fourth-order valence-electron chi connectivity index (χ4n) is 2.04. The second-order valence-corrected chi connectivity index (χ2v) is 5.33. The van der Waals surface area contributed by atoms with Crippen LogP contribution in [0, 0.1) is 0 Å². The molecule has 0 saturated carbocycles. The molecule has 0 amide bonds. The highest BCUT2D eigenvalue weighted by Gasteiger charge is 2.19. The number of halogens is 2. The molecule has 2 heterocycles. The van der Waals surface area contributed by atoms with Crippen molar-refractivity contribution in [1.82, 2.24) is 14.9 Å². The number of hydrogen-bond acceptors (Lipinski definition) is 4. The molecule has 1 N–H and O–H groups in total. The number of nitrogens with zero attached hydrogens (tertiary/aromatic N) is 3. The van der Waals surface area contributed by atoms with Gasteiger partial charge in [-0.1, -0.05) is 18.5 Å². The number of anilines is 1. The summed E-state index contributed by atoms with van der Waals surface area (Å²) in [5, 5.41) is 3.88. The zero-order valence-electron chi connectivity index (χ0n) is 9.79. The van der Waals surface area contributed by atoms with Crippen LogP contribution in [0.3, 0.4) is 0 Å². The first-order chi connectivity index (χ1) is 8.20. The van der Waals surface area contributed by atoms with Gasteiger partial charge in [0.1, 0.15) is 17.3 Å². The molecule has 1 aliphatic rings. The predicted octanol–water partition coefficient (Wildman–Crippen LogP) is 2.79. The Kier molecular flexibility index (Phi) is 4.59. The van der Waals surface area contributed by atoms with Gasteiger partial charge < -0.3 is 10.2 Å². The average Bonchev–Trinajstić information content (AvgIpc) is 2.36. The summed E-state index contributed by atoms with van der Waals surface area (Å²) < 4.78 is 0.750. The molecule has 1 aromatic heterocycles. The molecule has 0 aromatic carbocycles. The monoisotopic (exact) mass is 318 g/mol. The van der Waals surface area contributed by atoms with E-state index in [1.165, 1.54) is 6.33 Å². The first-order valence-electron chi connectivity index (χ1n) is 5.85. The number of nitrogens with one attached hydrogen (secondary N) is 1. The zero-order valence-corrected chi connectivity index (χ0v) is 12.1. The SMILES string of the molecule is CCN1CCC(Nc2ncnc(Cl)c2Br)CC1. The molecule has 17 heavy (non-hydrogen) atoms. The minimum Gasteiger partial charge on any atom is -0.366 e. The van der Waals surface area contributed by atoms with Crippen molar-refractivity contribution >= 4 is 33.3 Å². The fraction of sp³-hybridized carbons (Fsp3) is 0.636. The lowest BCUT2D eigenvalue weighted by molar-refractivity contribution is 0.229. The lowest BCUT2D eigenvalue weighted by atomic mass is 10.1. The summed E-state index contributed by atoms with van der Waals surface area (Å²) in [4.78, 5) is 10.6. The second-order valence-electron chi connectivity index (χ2n) is 4.18. The number of hydrogen-bond donors (Lipinski definition) is 1. The molecule has 1 fully saturated rings. The van der Waals surface area contributed by atoms with Gasteiger partial charge in [0.25, 0.3) is 0 Å². The Balaban J connectivity index is 1.95. The van der Waals surface area contributed by atoms with Crippen molar-refractivity contribution in [2.24, 2.45) is 0 Å². The standard InChI is InChI=1S/C11H16BrClN4/c1-2-17-5-3-8(4-6-17)16-11-9(12)10(13)14-7-15-11/h7-8H,2-6H2,1H3,(H,14,15,16). The number of rotatable bonds is 3. The van der Waals surface area contributed by atoms with Crippen LogP contribution < -0.4 is 5.32 Å². The van der Waals surface area contributed by atoms with Crippen LogP contribution in [0.25, 0.3) is 0 Å². The third-order valence-corrected chi connectivity index (χ3v) is 4.39. The summed E-state index contributed by atoms with van der Waals surface area (Å²) in [5.41, 5.74) is 0. The van der Waals surface area contributed by atoms with Gasteiger partial charge >= 0.3 is 0 Å². The van der Waals surface area contributed by atoms with E-state index in [-0.39, 0.29) is 0 Å². The quantitative estimate of drug-likeness (QED) is 0.870. The van der Waals surface area contributed by atoms with Crippen LogP contribution in [0.4, 0.5) is 5.82 Å². The van der Waals surface area contributed by atoms with Crippen molar-refractivity contribution in [3.8, 4) is 0 Å². The van der Waals surface area contributed by atoms with Crippen LogP contribution >= 0.6 is 27.5 Å². The number of aromatic nitrogens is 2. The van der Waals surface area contributed by atoms with Crippen LogP contribution in [0.1, 0.15) is 19.8 Å². The Labute approximate surface area is 115 Å². The molecule has 0 spiro atoms. The number of piperidine rings is 1. The Hall–Kier alpha value is -0.390.